The number of thiophene rings is 1. The Kier molecular flexibility index (Phi) is 5.75. The second-order valence-corrected chi connectivity index (χ2v) is 12.4. The van der Waals surface area contributed by atoms with Gasteiger partial charge in [-0.1, -0.05) is 121 Å². The van der Waals surface area contributed by atoms with Crippen LogP contribution in [0.2, 0.25) is 0 Å². The number of nitrogens with zero attached hydrogens (tertiary/aromatic N) is 1. The van der Waals surface area contributed by atoms with Crippen molar-refractivity contribution >= 4 is 80.9 Å². The standard InChI is InChI=1S/C42H27NS/c1-2-10-28(11-3-1)30-13-8-14-32(26-30)43(39-17-9-19-41-42(39)38-16-6-7-18-40(38)44-41)33-22-25-35-31(27-33)21-24-36-34-15-5-4-12-29(34)20-23-37(35)36/h1-27H. The van der Waals surface area contributed by atoms with E-state index < -0.39 is 0 Å². The smallest absolute Gasteiger partial charge is 0.0554 e. The zero-order valence-corrected chi connectivity index (χ0v) is 24.8. The largest absolute Gasteiger partial charge is 0.310 e. The Balaban J connectivity index is 1.30. The van der Waals surface area contributed by atoms with Gasteiger partial charge in [-0.15, -0.1) is 11.3 Å². The topological polar surface area (TPSA) is 3.24 Å². The van der Waals surface area contributed by atoms with Crippen molar-refractivity contribution in [3.05, 3.63) is 164 Å². The molecule has 0 unspecified atom stereocenters. The summed E-state index contributed by atoms with van der Waals surface area (Å²) in [5.41, 5.74) is 5.89. The molecule has 1 heterocycles. The monoisotopic (exact) mass is 577 g/mol. The van der Waals surface area contributed by atoms with E-state index in [1.165, 1.54) is 69.3 Å². The minimum Gasteiger partial charge on any atom is -0.310 e. The number of rotatable bonds is 4. The first-order chi connectivity index (χ1) is 21.8. The third-order valence-corrected chi connectivity index (χ3v) is 9.95. The second-order valence-electron chi connectivity index (χ2n) is 11.4. The predicted octanol–water partition coefficient (Wildman–Crippen LogP) is 12.7. The minimum absolute atomic E-state index is 1.14. The maximum Gasteiger partial charge on any atom is 0.0554 e. The molecular formula is C42H27NS. The van der Waals surface area contributed by atoms with Crippen molar-refractivity contribution in [2.45, 2.75) is 0 Å². The lowest BCUT2D eigenvalue weighted by Crippen LogP contribution is -2.10. The molecular weight excluding hydrogens is 551 g/mol. The van der Waals surface area contributed by atoms with E-state index in [0.717, 1.165) is 11.4 Å². The van der Waals surface area contributed by atoms with Crippen LogP contribution >= 0.6 is 11.3 Å². The predicted molar refractivity (Wildman–Crippen MR) is 192 cm³/mol. The highest BCUT2D eigenvalue weighted by atomic mass is 32.1. The molecule has 9 aromatic rings. The highest BCUT2D eigenvalue weighted by molar-refractivity contribution is 7.26. The highest BCUT2D eigenvalue weighted by Gasteiger charge is 2.19. The SMILES string of the molecule is c1ccc(-c2cccc(N(c3ccc4c(ccc5c6ccccc6ccc45)c3)c3cccc4sc5ccccc5c34)c2)cc1. The lowest BCUT2D eigenvalue weighted by molar-refractivity contribution is 1.31. The van der Waals surface area contributed by atoms with Crippen LogP contribution in [-0.4, -0.2) is 0 Å². The Morgan fingerprint density at radius 1 is 0.364 bits per heavy atom. The van der Waals surface area contributed by atoms with E-state index in [1.54, 1.807) is 0 Å². The summed E-state index contributed by atoms with van der Waals surface area (Å²) >= 11 is 1.86. The Labute approximate surface area is 259 Å². The van der Waals surface area contributed by atoms with Crippen molar-refractivity contribution in [1.82, 2.24) is 0 Å². The number of benzene rings is 8. The van der Waals surface area contributed by atoms with Crippen molar-refractivity contribution in [3.8, 4) is 11.1 Å². The summed E-state index contributed by atoms with van der Waals surface area (Å²) in [6.45, 7) is 0. The maximum atomic E-state index is 2.44. The summed E-state index contributed by atoms with van der Waals surface area (Å²) < 4.78 is 2.61. The zero-order valence-electron chi connectivity index (χ0n) is 23.9. The van der Waals surface area contributed by atoms with Crippen molar-refractivity contribution < 1.29 is 0 Å². The normalized spacial score (nSPS) is 11.6. The van der Waals surface area contributed by atoms with Crippen LogP contribution < -0.4 is 4.90 Å². The Morgan fingerprint density at radius 2 is 1.00 bits per heavy atom. The van der Waals surface area contributed by atoms with Crippen LogP contribution in [0.3, 0.4) is 0 Å². The molecule has 206 valence electrons. The average Bonchev–Trinajstić information content (AvgIpc) is 3.48. The summed E-state index contributed by atoms with van der Waals surface area (Å²) in [4.78, 5) is 2.44. The van der Waals surface area contributed by atoms with Gasteiger partial charge in [-0.25, -0.2) is 0 Å². The maximum absolute atomic E-state index is 2.44. The van der Waals surface area contributed by atoms with E-state index in [4.69, 9.17) is 0 Å². The number of anilines is 3. The Morgan fingerprint density at radius 3 is 1.89 bits per heavy atom. The third kappa shape index (κ3) is 4.00. The van der Waals surface area contributed by atoms with Crippen molar-refractivity contribution in [2.24, 2.45) is 0 Å². The van der Waals surface area contributed by atoms with E-state index in [9.17, 15) is 0 Å². The molecule has 0 saturated carbocycles. The summed E-state index contributed by atoms with van der Waals surface area (Å²) in [6.07, 6.45) is 0. The minimum atomic E-state index is 1.14. The van der Waals surface area contributed by atoms with E-state index in [1.807, 2.05) is 11.3 Å². The number of hydrogen-bond donors (Lipinski definition) is 0. The number of hydrogen-bond acceptors (Lipinski definition) is 2. The molecule has 8 aromatic carbocycles. The van der Waals surface area contributed by atoms with Crippen molar-refractivity contribution in [3.63, 3.8) is 0 Å². The summed E-state index contributed by atoms with van der Waals surface area (Å²) in [5, 5.41) is 10.3. The van der Waals surface area contributed by atoms with Crippen LogP contribution in [0.5, 0.6) is 0 Å². The van der Waals surface area contributed by atoms with Crippen LogP contribution in [0.15, 0.2) is 164 Å². The molecule has 0 spiro atoms. The Hall–Kier alpha value is -5.44. The quantitative estimate of drug-likeness (QED) is 0.188. The first kappa shape index (κ1) is 25.1. The van der Waals surface area contributed by atoms with Crippen molar-refractivity contribution in [2.75, 3.05) is 4.90 Å². The van der Waals surface area contributed by atoms with Gasteiger partial charge in [0.15, 0.2) is 0 Å². The fraction of sp³-hybridized carbons (Fsp3) is 0. The molecule has 1 aromatic heterocycles. The molecule has 0 saturated heterocycles. The molecule has 0 atom stereocenters. The molecule has 0 amide bonds. The zero-order chi connectivity index (χ0) is 29.0. The van der Waals surface area contributed by atoms with Crippen LogP contribution in [0, 0.1) is 0 Å². The van der Waals surface area contributed by atoms with Gasteiger partial charge in [0.25, 0.3) is 0 Å². The van der Waals surface area contributed by atoms with E-state index >= 15 is 0 Å². The number of fused-ring (bicyclic) bond motifs is 8. The fourth-order valence-corrected chi connectivity index (χ4v) is 7.91. The molecule has 0 aliphatic carbocycles. The first-order valence-electron chi connectivity index (χ1n) is 15.0. The summed E-state index contributed by atoms with van der Waals surface area (Å²) in [7, 11) is 0. The van der Waals surface area contributed by atoms with Gasteiger partial charge in [0.1, 0.15) is 0 Å². The lowest BCUT2D eigenvalue weighted by Gasteiger charge is -2.27. The first-order valence-corrected chi connectivity index (χ1v) is 15.8. The molecule has 0 bridgehead atoms. The molecule has 44 heavy (non-hydrogen) atoms. The van der Waals surface area contributed by atoms with Crippen molar-refractivity contribution in [1.29, 1.82) is 0 Å². The van der Waals surface area contributed by atoms with E-state index in [-0.39, 0.29) is 0 Å². The van der Waals surface area contributed by atoms with Crippen LogP contribution in [0.25, 0.3) is 63.6 Å². The van der Waals surface area contributed by atoms with Gasteiger partial charge in [-0.2, -0.15) is 0 Å². The van der Waals surface area contributed by atoms with Crippen LogP contribution in [-0.2, 0) is 0 Å². The van der Waals surface area contributed by atoms with Gasteiger partial charge in [0.2, 0.25) is 0 Å². The summed E-state index contributed by atoms with van der Waals surface area (Å²) in [6, 6.07) is 59.8. The van der Waals surface area contributed by atoms with Crippen LogP contribution in [0.4, 0.5) is 17.1 Å². The molecule has 0 fully saturated rings. The lowest BCUT2D eigenvalue weighted by atomic mass is 9.96. The average molecular weight is 578 g/mol. The van der Waals surface area contributed by atoms with Gasteiger partial charge >= 0.3 is 0 Å². The molecule has 0 aliphatic heterocycles. The van der Waals surface area contributed by atoms with E-state index in [0.29, 0.717) is 0 Å². The molecule has 0 radical (unpaired) electrons. The highest BCUT2D eigenvalue weighted by Crippen LogP contribution is 2.46. The van der Waals surface area contributed by atoms with Gasteiger partial charge in [0.05, 0.1) is 5.69 Å². The van der Waals surface area contributed by atoms with Gasteiger partial charge in [0, 0.05) is 31.5 Å². The molecule has 0 aliphatic rings. The molecule has 9 rings (SSSR count). The molecule has 0 N–H and O–H groups in total. The van der Waals surface area contributed by atoms with Crippen LogP contribution in [0.1, 0.15) is 0 Å². The van der Waals surface area contributed by atoms with Gasteiger partial charge in [-0.3, -0.25) is 0 Å². The molecule has 2 heteroatoms. The Bertz CT molecular complexity index is 2510. The fourth-order valence-electron chi connectivity index (χ4n) is 6.78. The second kappa shape index (κ2) is 10.1. The van der Waals surface area contributed by atoms with Gasteiger partial charge in [-0.05, 0) is 85.9 Å². The molecule has 1 nitrogen and oxygen atoms in total. The third-order valence-electron chi connectivity index (χ3n) is 8.82. The van der Waals surface area contributed by atoms with Gasteiger partial charge < -0.3 is 4.90 Å². The summed E-state index contributed by atoms with van der Waals surface area (Å²) in [5.74, 6) is 0. The van der Waals surface area contributed by atoms with E-state index in [2.05, 4.69) is 169 Å².